The Kier molecular flexibility index (Phi) is 11.7. The zero-order chi connectivity index (χ0) is 31.7. The first-order valence-corrected chi connectivity index (χ1v) is 17.3. The molecule has 0 heterocycles. The van der Waals surface area contributed by atoms with Crippen molar-refractivity contribution in [2.75, 3.05) is 24.2 Å². The zero-order valence-corrected chi connectivity index (χ0v) is 27.2. The first-order chi connectivity index (χ1) is 21.0. The number of amides is 2. The van der Waals surface area contributed by atoms with E-state index in [4.69, 9.17) is 16.3 Å². The Labute approximate surface area is 266 Å². The largest absolute Gasteiger partial charge is 0.495 e. The van der Waals surface area contributed by atoms with Gasteiger partial charge in [0.25, 0.3) is 0 Å². The van der Waals surface area contributed by atoms with Gasteiger partial charge in [0.1, 0.15) is 11.8 Å². The lowest BCUT2D eigenvalue weighted by Gasteiger charge is -2.33. The third-order valence-corrected chi connectivity index (χ3v) is 9.51. The van der Waals surface area contributed by atoms with E-state index in [9.17, 15) is 18.0 Å². The van der Waals surface area contributed by atoms with Gasteiger partial charge in [-0.25, -0.2) is 8.42 Å². The average Bonchev–Trinajstić information content (AvgIpc) is 3.51. The molecule has 3 aromatic carbocycles. The van der Waals surface area contributed by atoms with Crippen molar-refractivity contribution in [3.05, 3.63) is 94.5 Å². The van der Waals surface area contributed by atoms with Crippen LogP contribution in [0, 0.1) is 6.92 Å². The fourth-order valence-electron chi connectivity index (χ4n) is 5.63. The number of aryl methyl sites for hydroxylation is 1. The average molecular weight is 640 g/mol. The van der Waals surface area contributed by atoms with Gasteiger partial charge in [0, 0.05) is 32.0 Å². The van der Waals surface area contributed by atoms with Crippen molar-refractivity contribution in [2.45, 2.75) is 70.5 Å². The summed E-state index contributed by atoms with van der Waals surface area (Å²) in [6, 6.07) is 21.8. The van der Waals surface area contributed by atoms with E-state index in [-0.39, 0.29) is 48.8 Å². The topological polar surface area (TPSA) is 96.0 Å². The van der Waals surface area contributed by atoms with Gasteiger partial charge in [0.15, 0.2) is 0 Å². The highest BCUT2D eigenvalue weighted by atomic mass is 35.5. The molecule has 8 nitrogen and oxygen atoms in total. The van der Waals surface area contributed by atoms with E-state index in [1.807, 2.05) is 61.5 Å². The van der Waals surface area contributed by atoms with Crippen molar-refractivity contribution < 1.29 is 22.7 Å². The summed E-state index contributed by atoms with van der Waals surface area (Å²) >= 11 is 6.28. The minimum atomic E-state index is -3.66. The van der Waals surface area contributed by atoms with E-state index in [0.29, 0.717) is 17.9 Å². The van der Waals surface area contributed by atoms with E-state index in [1.54, 1.807) is 17.0 Å². The third kappa shape index (κ3) is 9.22. The van der Waals surface area contributed by atoms with E-state index in [1.165, 1.54) is 17.5 Å². The van der Waals surface area contributed by atoms with Crippen molar-refractivity contribution >= 4 is 39.1 Å². The molecule has 1 aliphatic rings. The minimum absolute atomic E-state index is 0.0593. The summed E-state index contributed by atoms with van der Waals surface area (Å²) in [4.78, 5) is 29.6. The Morgan fingerprint density at radius 3 is 2.30 bits per heavy atom. The van der Waals surface area contributed by atoms with Gasteiger partial charge in [-0.15, -0.1) is 0 Å². The molecule has 44 heavy (non-hydrogen) atoms. The molecule has 0 aromatic heterocycles. The van der Waals surface area contributed by atoms with Gasteiger partial charge in [0.2, 0.25) is 21.8 Å². The lowest BCUT2D eigenvalue weighted by molar-refractivity contribution is -0.141. The van der Waals surface area contributed by atoms with Crippen LogP contribution in [0.3, 0.4) is 0 Å². The lowest BCUT2D eigenvalue weighted by atomic mass is 10.0. The van der Waals surface area contributed by atoms with Crippen LogP contribution in [-0.4, -0.2) is 57.1 Å². The van der Waals surface area contributed by atoms with E-state index in [2.05, 4.69) is 5.32 Å². The molecule has 0 saturated heterocycles. The molecule has 1 N–H and O–H groups in total. The van der Waals surface area contributed by atoms with Crippen LogP contribution in [-0.2, 0) is 32.6 Å². The molecule has 236 valence electrons. The first kappa shape index (κ1) is 33.3. The molecule has 0 aliphatic heterocycles. The number of carbonyl (C=O) groups is 2. The SMILES string of the molecule is COc1ccc(N(CCCC(=O)N(Cc2ccc(C)cc2)[C@@H](Cc2ccccc2)C(=O)NC2CCCC2)S(C)(=O)=O)cc1Cl. The van der Waals surface area contributed by atoms with Gasteiger partial charge >= 0.3 is 0 Å². The molecule has 1 atom stereocenters. The quantitative estimate of drug-likeness (QED) is 0.237. The summed E-state index contributed by atoms with van der Waals surface area (Å²) in [6.45, 7) is 2.34. The fraction of sp³-hybridized carbons (Fsp3) is 0.412. The predicted molar refractivity (Wildman–Crippen MR) is 175 cm³/mol. The van der Waals surface area contributed by atoms with Crippen molar-refractivity contribution in [3.63, 3.8) is 0 Å². The summed E-state index contributed by atoms with van der Waals surface area (Å²) < 4.78 is 31.9. The molecular weight excluding hydrogens is 598 g/mol. The number of ether oxygens (including phenoxy) is 1. The summed E-state index contributed by atoms with van der Waals surface area (Å²) in [6.07, 6.45) is 5.84. The van der Waals surface area contributed by atoms with Crippen LogP contribution in [0.2, 0.25) is 5.02 Å². The maximum atomic E-state index is 14.0. The molecular formula is C34H42ClN3O5S. The molecule has 1 aliphatic carbocycles. The number of halogens is 1. The number of hydrogen-bond acceptors (Lipinski definition) is 5. The summed E-state index contributed by atoms with van der Waals surface area (Å²) in [5, 5.41) is 3.50. The summed E-state index contributed by atoms with van der Waals surface area (Å²) in [7, 11) is -2.18. The van der Waals surface area contributed by atoms with Crippen molar-refractivity contribution in [2.24, 2.45) is 0 Å². The Morgan fingerprint density at radius 1 is 1.00 bits per heavy atom. The number of anilines is 1. The second-order valence-electron chi connectivity index (χ2n) is 11.5. The highest BCUT2D eigenvalue weighted by molar-refractivity contribution is 7.92. The molecule has 1 saturated carbocycles. The van der Waals surface area contributed by atoms with Crippen LogP contribution in [0.15, 0.2) is 72.8 Å². The van der Waals surface area contributed by atoms with E-state index < -0.39 is 16.1 Å². The van der Waals surface area contributed by atoms with Crippen molar-refractivity contribution in [1.29, 1.82) is 0 Å². The minimum Gasteiger partial charge on any atom is -0.495 e. The van der Waals surface area contributed by atoms with Gasteiger partial charge in [0.05, 0.1) is 24.1 Å². The fourth-order valence-corrected chi connectivity index (χ4v) is 6.84. The lowest BCUT2D eigenvalue weighted by Crippen LogP contribution is -2.52. The standard InChI is InChI=1S/C34H42ClN3O5S/c1-25-15-17-27(18-16-25)24-37(31(22-26-10-5-4-6-11-26)34(40)36-28-12-7-8-13-28)33(39)14-9-21-38(44(3,41)42)29-19-20-32(43-2)30(35)23-29/h4-6,10-11,15-20,23,28,31H,7-9,12-14,21-22,24H2,1-3H3,(H,36,40)/t31-/m0/s1. The van der Waals surface area contributed by atoms with Crippen LogP contribution in [0.5, 0.6) is 5.75 Å². The number of rotatable bonds is 14. The molecule has 4 rings (SSSR count). The number of hydrogen-bond donors (Lipinski definition) is 1. The Hall–Kier alpha value is -3.56. The molecule has 0 unspecified atom stereocenters. The van der Waals surface area contributed by atoms with Gasteiger partial charge in [-0.1, -0.05) is 84.6 Å². The molecule has 0 radical (unpaired) electrons. The van der Waals surface area contributed by atoms with Gasteiger partial charge in [-0.2, -0.15) is 0 Å². The Balaban J connectivity index is 1.58. The third-order valence-electron chi connectivity index (χ3n) is 8.02. The van der Waals surface area contributed by atoms with Gasteiger partial charge < -0.3 is 15.0 Å². The second-order valence-corrected chi connectivity index (χ2v) is 13.8. The molecule has 10 heteroatoms. The van der Waals surface area contributed by atoms with Crippen LogP contribution >= 0.6 is 11.6 Å². The molecule has 2 amide bonds. The van der Waals surface area contributed by atoms with Crippen LogP contribution in [0.1, 0.15) is 55.2 Å². The van der Waals surface area contributed by atoms with Crippen molar-refractivity contribution in [3.8, 4) is 5.75 Å². The summed E-state index contributed by atoms with van der Waals surface area (Å²) in [5.41, 5.74) is 3.37. The smallest absolute Gasteiger partial charge is 0.243 e. The highest BCUT2D eigenvalue weighted by Crippen LogP contribution is 2.30. The van der Waals surface area contributed by atoms with Crippen molar-refractivity contribution in [1.82, 2.24) is 10.2 Å². The van der Waals surface area contributed by atoms with Crippen LogP contribution < -0.4 is 14.4 Å². The molecule has 1 fully saturated rings. The first-order valence-electron chi connectivity index (χ1n) is 15.1. The highest BCUT2D eigenvalue weighted by Gasteiger charge is 2.32. The van der Waals surface area contributed by atoms with Gasteiger partial charge in [-0.05, 0) is 55.5 Å². The molecule has 3 aromatic rings. The van der Waals surface area contributed by atoms with Gasteiger partial charge in [-0.3, -0.25) is 13.9 Å². The number of sulfonamides is 1. The van der Waals surface area contributed by atoms with E-state index >= 15 is 0 Å². The Bertz CT molecular complexity index is 1510. The number of nitrogens with one attached hydrogen (secondary N) is 1. The Morgan fingerprint density at radius 2 is 1.68 bits per heavy atom. The normalized spacial score (nSPS) is 14.2. The number of benzene rings is 3. The predicted octanol–water partition coefficient (Wildman–Crippen LogP) is 5.90. The molecule has 0 spiro atoms. The monoisotopic (exact) mass is 639 g/mol. The summed E-state index contributed by atoms with van der Waals surface area (Å²) in [5.74, 6) is 0.0623. The number of carbonyl (C=O) groups excluding carboxylic acids is 2. The van der Waals surface area contributed by atoms with Crippen LogP contribution in [0.4, 0.5) is 5.69 Å². The van der Waals surface area contributed by atoms with E-state index in [0.717, 1.165) is 48.6 Å². The maximum absolute atomic E-state index is 14.0. The zero-order valence-electron chi connectivity index (χ0n) is 25.7. The number of nitrogens with zero attached hydrogens (tertiary/aromatic N) is 2. The molecule has 0 bridgehead atoms. The van der Waals surface area contributed by atoms with Crippen LogP contribution in [0.25, 0.3) is 0 Å². The number of methoxy groups -OCH3 is 1. The maximum Gasteiger partial charge on any atom is 0.243 e. The second kappa shape index (κ2) is 15.4.